The Morgan fingerprint density at radius 2 is 2.18 bits per heavy atom. The molecular weight excluding hydrogens is 236 g/mol. The van der Waals surface area contributed by atoms with Crippen molar-refractivity contribution in [3.05, 3.63) is 47.4 Å². The van der Waals surface area contributed by atoms with E-state index in [0.29, 0.717) is 18.0 Å². The molecule has 3 N–H and O–H groups in total. The van der Waals surface area contributed by atoms with Crippen molar-refractivity contribution in [2.75, 3.05) is 11.9 Å². The van der Waals surface area contributed by atoms with Crippen LogP contribution in [0.25, 0.3) is 0 Å². The van der Waals surface area contributed by atoms with Crippen LogP contribution in [0.1, 0.15) is 5.82 Å². The van der Waals surface area contributed by atoms with E-state index in [2.05, 4.69) is 15.3 Å². The molecule has 0 spiro atoms. The van der Waals surface area contributed by atoms with Crippen molar-refractivity contribution in [2.45, 2.75) is 6.42 Å². The van der Waals surface area contributed by atoms with E-state index >= 15 is 0 Å². The van der Waals surface area contributed by atoms with Gasteiger partial charge in [-0.05, 0) is 30.8 Å². The van der Waals surface area contributed by atoms with Crippen LogP contribution in [0, 0.1) is 0 Å². The largest absolute Gasteiger partial charge is 0.340 e. The van der Waals surface area contributed by atoms with Gasteiger partial charge in [0.15, 0.2) is 0 Å². The van der Waals surface area contributed by atoms with Crippen molar-refractivity contribution in [3.8, 4) is 0 Å². The molecule has 0 saturated carbocycles. The van der Waals surface area contributed by atoms with Gasteiger partial charge in [-0.3, -0.25) is 0 Å². The fourth-order valence-corrected chi connectivity index (χ4v) is 1.62. The Balaban J connectivity index is 2.15. The van der Waals surface area contributed by atoms with Crippen LogP contribution in [0.2, 0.25) is 5.02 Å². The van der Waals surface area contributed by atoms with Gasteiger partial charge < -0.3 is 11.1 Å². The number of hydrogen-bond donors (Lipinski definition) is 2. The SMILES string of the molecule is NCCc1nccc(Nc2cccc(Cl)c2)n1. The van der Waals surface area contributed by atoms with Crippen molar-refractivity contribution < 1.29 is 0 Å². The number of anilines is 2. The fourth-order valence-electron chi connectivity index (χ4n) is 1.43. The van der Waals surface area contributed by atoms with Crippen molar-refractivity contribution in [2.24, 2.45) is 5.73 Å². The van der Waals surface area contributed by atoms with Crippen LogP contribution in [0.3, 0.4) is 0 Å². The molecule has 0 atom stereocenters. The Bertz CT molecular complexity index is 501. The van der Waals surface area contributed by atoms with Crippen molar-refractivity contribution in [1.82, 2.24) is 9.97 Å². The number of nitrogens with two attached hydrogens (primary N) is 1. The Morgan fingerprint density at radius 3 is 2.94 bits per heavy atom. The van der Waals surface area contributed by atoms with Gasteiger partial charge in [-0.15, -0.1) is 0 Å². The third kappa shape index (κ3) is 3.41. The summed E-state index contributed by atoms with van der Waals surface area (Å²) in [4.78, 5) is 8.47. The van der Waals surface area contributed by atoms with Gasteiger partial charge in [0.25, 0.3) is 0 Å². The van der Waals surface area contributed by atoms with Crippen LogP contribution in [-0.2, 0) is 6.42 Å². The molecule has 0 bridgehead atoms. The molecule has 0 radical (unpaired) electrons. The van der Waals surface area contributed by atoms with E-state index in [1.807, 2.05) is 24.3 Å². The molecule has 1 aromatic heterocycles. The quantitative estimate of drug-likeness (QED) is 0.872. The van der Waals surface area contributed by atoms with Crippen LogP contribution in [0.4, 0.5) is 11.5 Å². The molecule has 0 fully saturated rings. The summed E-state index contributed by atoms with van der Waals surface area (Å²) >= 11 is 5.90. The maximum absolute atomic E-state index is 5.90. The van der Waals surface area contributed by atoms with Gasteiger partial charge in [0.2, 0.25) is 0 Å². The second-order valence-corrected chi connectivity index (χ2v) is 3.97. The summed E-state index contributed by atoms with van der Waals surface area (Å²) in [6.45, 7) is 0.542. The monoisotopic (exact) mass is 248 g/mol. The summed E-state index contributed by atoms with van der Waals surface area (Å²) in [6.07, 6.45) is 2.38. The lowest BCUT2D eigenvalue weighted by Gasteiger charge is -2.06. The number of benzene rings is 1. The molecule has 5 heteroatoms. The number of nitrogens with zero attached hydrogens (tertiary/aromatic N) is 2. The first kappa shape index (κ1) is 11.8. The molecule has 0 aliphatic rings. The normalized spacial score (nSPS) is 10.2. The van der Waals surface area contributed by atoms with Crippen LogP contribution in [-0.4, -0.2) is 16.5 Å². The summed E-state index contributed by atoms with van der Waals surface area (Å²) in [6, 6.07) is 9.28. The number of halogens is 1. The molecule has 88 valence electrons. The van der Waals surface area contributed by atoms with E-state index in [-0.39, 0.29) is 0 Å². The Labute approximate surface area is 105 Å². The van der Waals surface area contributed by atoms with E-state index < -0.39 is 0 Å². The number of aromatic nitrogens is 2. The van der Waals surface area contributed by atoms with Gasteiger partial charge >= 0.3 is 0 Å². The number of hydrogen-bond acceptors (Lipinski definition) is 4. The first-order chi connectivity index (χ1) is 8.28. The predicted octanol–water partition coefficient (Wildman–Crippen LogP) is 2.37. The average Bonchev–Trinajstić information content (AvgIpc) is 2.30. The van der Waals surface area contributed by atoms with Crippen LogP contribution < -0.4 is 11.1 Å². The molecule has 0 unspecified atom stereocenters. The molecule has 4 nitrogen and oxygen atoms in total. The minimum absolute atomic E-state index is 0.542. The minimum atomic E-state index is 0.542. The highest BCUT2D eigenvalue weighted by atomic mass is 35.5. The average molecular weight is 249 g/mol. The first-order valence-corrected chi connectivity index (χ1v) is 5.70. The second-order valence-electron chi connectivity index (χ2n) is 3.53. The zero-order chi connectivity index (χ0) is 12.1. The molecule has 2 aromatic rings. The van der Waals surface area contributed by atoms with Crippen molar-refractivity contribution in [1.29, 1.82) is 0 Å². The van der Waals surface area contributed by atoms with Crippen LogP contribution in [0.5, 0.6) is 0 Å². The minimum Gasteiger partial charge on any atom is -0.340 e. The van der Waals surface area contributed by atoms with Gasteiger partial charge in [0.1, 0.15) is 11.6 Å². The number of rotatable bonds is 4. The summed E-state index contributed by atoms with van der Waals surface area (Å²) < 4.78 is 0. The Morgan fingerprint density at radius 1 is 1.29 bits per heavy atom. The molecule has 1 aromatic carbocycles. The molecule has 0 aliphatic heterocycles. The standard InChI is InChI=1S/C12H13ClN4/c13-9-2-1-3-10(8-9)16-12-5-7-15-11(17-12)4-6-14/h1-3,5,7-8H,4,6,14H2,(H,15,16,17). The maximum Gasteiger partial charge on any atom is 0.134 e. The lowest BCUT2D eigenvalue weighted by Crippen LogP contribution is -2.07. The topological polar surface area (TPSA) is 63.8 Å². The van der Waals surface area contributed by atoms with Gasteiger partial charge in [-0.25, -0.2) is 9.97 Å². The highest BCUT2D eigenvalue weighted by molar-refractivity contribution is 6.30. The van der Waals surface area contributed by atoms with Crippen molar-refractivity contribution >= 4 is 23.1 Å². The molecule has 17 heavy (non-hydrogen) atoms. The Hall–Kier alpha value is -1.65. The molecule has 1 heterocycles. The maximum atomic E-state index is 5.90. The van der Waals surface area contributed by atoms with Gasteiger partial charge in [0, 0.05) is 23.3 Å². The third-order valence-corrected chi connectivity index (χ3v) is 2.41. The van der Waals surface area contributed by atoms with Crippen LogP contribution >= 0.6 is 11.6 Å². The summed E-state index contributed by atoms with van der Waals surface area (Å²) in [5, 5.41) is 3.85. The highest BCUT2D eigenvalue weighted by Gasteiger charge is 1.99. The summed E-state index contributed by atoms with van der Waals surface area (Å²) in [5.74, 6) is 1.48. The van der Waals surface area contributed by atoms with E-state index in [1.54, 1.807) is 12.3 Å². The lowest BCUT2D eigenvalue weighted by atomic mass is 10.3. The molecule has 2 rings (SSSR count). The molecular formula is C12H13ClN4. The smallest absolute Gasteiger partial charge is 0.134 e. The summed E-state index contributed by atoms with van der Waals surface area (Å²) in [7, 11) is 0. The zero-order valence-corrected chi connectivity index (χ0v) is 9.98. The predicted molar refractivity (Wildman–Crippen MR) is 69.5 cm³/mol. The van der Waals surface area contributed by atoms with Crippen molar-refractivity contribution in [3.63, 3.8) is 0 Å². The van der Waals surface area contributed by atoms with E-state index in [9.17, 15) is 0 Å². The third-order valence-electron chi connectivity index (χ3n) is 2.17. The van der Waals surface area contributed by atoms with E-state index in [1.165, 1.54) is 0 Å². The number of nitrogens with one attached hydrogen (secondary N) is 1. The fraction of sp³-hybridized carbons (Fsp3) is 0.167. The zero-order valence-electron chi connectivity index (χ0n) is 9.23. The second kappa shape index (κ2) is 5.61. The molecule has 0 saturated heterocycles. The highest BCUT2D eigenvalue weighted by Crippen LogP contribution is 2.18. The first-order valence-electron chi connectivity index (χ1n) is 5.32. The Kier molecular flexibility index (Phi) is 3.90. The van der Waals surface area contributed by atoms with E-state index in [4.69, 9.17) is 17.3 Å². The summed E-state index contributed by atoms with van der Waals surface area (Å²) in [5.41, 5.74) is 6.36. The van der Waals surface area contributed by atoms with Gasteiger partial charge in [0.05, 0.1) is 0 Å². The molecule has 0 amide bonds. The van der Waals surface area contributed by atoms with E-state index in [0.717, 1.165) is 17.3 Å². The molecule has 0 aliphatic carbocycles. The van der Waals surface area contributed by atoms with Crippen LogP contribution in [0.15, 0.2) is 36.5 Å². The lowest BCUT2D eigenvalue weighted by molar-refractivity contribution is 0.870. The van der Waals surface area contributed by atoms with Gasteiger partial charge in [-0.2, -0.15) is 0 Å². The van der Waals surface area contributed by atoms with Gasteiger partial charge in [-0.1, -0.05) is 17.7 Å².